The molecule has 4 nitrogen and oxygen atoms in total. The Hall–Kier alpha value is -7.80. The van der Waals surface area contributed by atoms with Crippen LogP contribution in [-0.4, -0.2) is 7.28 Å². The average Bonchev–Trinajstić information content (AvgIpc) is 1.62. The van der Waals surface area contributed by atoms with Crippen LogP contribution < -0.4 is 25.4 Å². The molecular weight excluding hydrogens is 1100 g/mol. The largest absolute Gasteiger partial charge is 0.455 e. The quantitative estimate of drug-likeness (QED) is 0.161. The zero-order valence-corrected chi connectivity index (χ0v) is 56.7. The molecule has 0 fully saturated rings. The van der Waals surface area contributed by atoms with Crippen molar-refractivity contribution in [3.8, 4) is 22.3 Å². The fourth-order valence-electron chi connectivity index (χ4n) is 14.7. The van der Waals surface area contributed by atoms with E-state index < -0.39 is 0 Å². The zero-order valence-electron chi connectivity index (χ0n) is 55.9. The lowest BCUT2D eigenvalue weighted by Crippen LogP contribution is -2.39. The van der Waals surface area contributed by atoms with Gasteiger partial charge in [0.1, 0.15) is 11.2 Å². The van der Waals surface area contributed by atoms with Crippen LogP contribution in [0.15, 0.2) is 174 Å². The molecule has 0 spiro atoms. The van der Waals surface area contributed by atoms with E-state index in [-0.39, 0.29) is 37.9 Å². The lowest BCUT2D eigenvalue weighted by Gasteiger charge is -2.42. The molecule has 0 atom stereocenters. The van der Waals surface area contributed by atoms with Crippen LogP contribution in [-0.2, 0) is 37.9 Å². The summed E-state index contributed by atoms with van der Waals surface area (Å²) in [6.45, 7) is 42.2. The van der Waals surface area contributed by atoms with Gasteiger partial charge in [0.25, 0.3) is 0 Å². The summed E-state index contributed by atoms with van der Waals surface area (Å²) in [4.78, 5) is 5.06. The minimum Gasteiger partial charge on any atom is -0.455 e. The van der Waals surface area contributed by atoms with Gasteiger partial charge in [0.2, 0.25) is 7.28 Å². The van der Waals surface area contributed by atoms with Crippen LogP contribution in [0, 0.1) is 0 Å². The lowest BCUT2D eigenvalue weighted by molar-refractivity contribution is 0.332. The molecule has 1 radical (unpaired) electrons. The Balaban J connectivity index is 1.05. The standard InChI is InChI=1S/C83H87BN3OS/c1-77(2,3)49-23-31-53(32-24-49)85-68-47-65-60(59-43-57(39-40-64(59)83(65,17)18)86(54-33-25-50(26-34-54)78(4,5)6)55-35-27-51(28-36-55)79(7,8)9)44-62(68)72-73-69(46-61-58-21-19-20-22-70(58)88-75(61)72)87(56-37-29-52(30-38-56)80(10,11)12)74-63-45-66-67(48-71(63)89-76(74)84-73)82(15,16)42-41-81(66,13)14/h19-40,43-48,85H,41-42H2,1-18H3. The first-order valence-electron chi connectivity index (χ1n) is 32.4. The van der Waals surface area contributed by atoms with E-state index in [0.29, 0.717) is 0 Å². The number of furan rings is 1. The molecule has 11 aromatic rings. The highest BCUT2D eigenvalue weighted by atomic mass is 32.1. The SMILES string of the molecule is CC(C)(C)c1ccc(Nc2cc3c(cc2-c2c4c(cc5c2oc2ccccc25)N(c2ccc(C(C)(C)C)cc2)c2c(sc5cc6c(cc25)C(C)(C)CCC6(C)C)[B]4)-c2cc(N(c4ccc(C(C)(C)C)cc4)c4ccc(C(C)(C)C)cc4)ccc2C3(C)C)cc1. The molecule has 0 saturated heterocycles. The van der Waals surface area contributed by atoms with E-state index in [1.54, 1.807) is 0 Å². The van der Waals surface area contributed by atoms with Crippen molar-refractivity contribution in [3.63, 3.8) is 0 Å². The minimum atomic E-state index is -0.330. The molecule has 2 aliphatic carbocycles. The summed E-state index contributed by atoms with van der Waals surface area (Å²) in [5.74, 6) is 0. The summed E-state index contributed by atoms with van der Waals surface area (Å²) in [5.41, 5.74) is 27.1. The number of rotatable bonds is 7. The van der Waals surface area contributed by atoms with Crippen LogP contribution in [0.5, 0.6) is 0 Å². The van der Waals surface area contributed by atoms with Crippen LogP contribution in [0.25, 0.3) is 54.3 Å². The van der Waals surface area contributed by atoms with Gasteiger partial charge < -0.3 is 19.5 Å². The first kappa shape index (κ1) is 58.9. The van der Waals surface area contributed by atoms with Crippen molar-refractivity contribution >= 4 is 106 Å². The smallest absolute Gasteiger partial charge is 0.212 e. The van der Waals surface area contributed by atoms with Gasteiger partial charge in [0.15, 0.2) is 0 Å². The van der Waals surface area contributed by atoms with Crippen LogP contribution in [0.1, 0.15) is 182 Å². The predicted octanol–water partition coefficient (Wildman–Crippen LogP) is 23.0. The molecule has 0 amide bonds. The Morgan fingerprint density at radius 3 is 1.57 bits per heavy atom. The summed E-state index contributed by atoms with van der Waals surface area (Å²) in [7, 11) is 2.52. The number of nitrogens with one attached hydrogen (secondary N) is 1. The van der Waals surface area contributed by atoms with Crippen LogP contribution >= 0.6 is 11.3 Å². The molecule has 3 aliphatic rings. The first-order valence-corrected chi connectivity index (χ1v) is 33.2. The number of anilines is 8. The van der Waals surface area contributed by atoms with Gasteiger partial charge in [-0.1, -0.05) is 197 Å². The lowest BCUT2D eigenvalue weighted by atomic mass is 9.61. The van der Waals surface area contributed by atoms with E-state index >= 15 is 0 Å². The van der Waals surface area contributed by atoms with E-state index in [9.17, 15) is 0 Å². The van der Waals surface area contributed by atoms with Gasteiger partial charge in [-0.15, -0.1) is 11.3 Å². The van der Waals surface area contributed by atoms with E-state index in [1.807, 2.05) is 11.3 Å². The molecule has 1 aliphatic heterocycles. The maximum absolute atomic E-state index is 7.38. The van der Waals surface area contributed by atoms with Gasteiger partial charge in [-0.3, -0.25) is 0 Å². The normalized spacial score (nSPS) is 15.8. The number of benzene rings is 9. The molecule has 89 heavy (non-hydrogen) atoms. The van der Waals surface area contributed by atoms with Gasteiger partial charge in [0, 0.05) is 77.2 Å². The molecule has 6 heteroatoms. The Morgan fingerprint density at radius 1 is 0.483 bits per heavy atom. The van der Waals surface area contributed by atoms with Crippen molar-refractivity contribution in [2.75, 3.05) is 15.1 Å². The Morgan fingerprint density at radius 2 is 1.00 bits per heavy atom. The van der Waals surface area contributed by atoms with E-state index in [1.165, 1.54) is 82.6 Å². The maximum atomic E-state index is 7.38. The van der Waals surface area contributed by atoms with Gasteiger partial charge in [-0.05, 0) is 208 Å². The zero-order chi connectivity index (χ0) is 62.9. The van der Waals surface area contributed by atoms with Gasteiger partial charge >= 0.3 is 0 Å². The Bertz CT molecular complexity index is 4580. The molecule has 14 rings (SSSR count). The van der Waals surface area contributed by atoms with Crippen LogP contribution in [0.3, 0.4) is 0 Å². The Kier molecular flexibility index (Phi) is 13.3. The summed E-state index contributed by atoms with van der Waals surface area (Å²) >= 11 is 1.93. The van der Waals surface area contributed by atoms with E-state index in [2.05, 4.69) is 317 Å². The summed E-state index contributed by atoms with van der Waals surface area (Å²) in [6.07, 6.45) is 2.32. The molecular formula is C83H87BN3OS. The van der Waals surface area contributed by atoms with Crippen molar-refractivity contribution < 1.29 is 4.42 Å². The van der Waals surface area contributed by atoms with Gasteiger partial charge in [0.05, 0.1) is 5.69 Å². The average molecular weight is 1190 g/mol. The second-order valence-electron chi connectivity index (χ2n) is 32.1. The van der Waals surface area contributed by atoms with Crippen molar-refractivity contribution in [3.05, 3.63) is 214 Å². The second-order valence-corrected chi connectivity index (χ2v) is 33.2. The highest BCUT2D eigenvalue weighted by Crippen LogP contribution is 2.56. The van der Waals surface area contributed by atoms with Crippen molar-refractivity contribution in [2.24, 2.45) is 0 Å². The summed E-state index contributed by atoms with van der Waals surface area (Å²) in [6, 6.07) is 65.5. The number of hydrogen-bond donors (Lipinski definition) is 1. The number of fused-ring (bicyclic) bond motifs is 11. The molecule has 0 unspecified atom stereocenters. The predicted molar refractivity (Wildman–Crippen MR) is 386 cm³/mol. The highest BCUT2D eigenvalue weighted by molar-refractivity contribution is 7.29. The number of hydrogen-bond acceptors (Lipinski definition) is 5. The van der Waals surface area contributed by atoms with E-state index in [4.69, 9.17) is 4.42 Å². The fraction of sp³-hybridized carbons (Fsp3) is 0.325. The third-order valence-corrected chi connectivity index (χ3v) is 21.5. The van der Waals surface area contributed by atoms with E-state index in [0.717, 1.165) is 84.8 Å². The maximum Gasteiger partial charge on any atom is 0.212 e. The molecule has 449 valence electrons. The third kappa shape index (κ3) is 9.85. The second kappa shape index (κ2) is 20.1. The Labute approximate surface area is 534 Å². The topological polar surface area (TPSA) is 31.7 Å². The molecule has 0 bridgehead atoms. The summed E-state index contributed by atoms with van der Waals surface area (Å²) < 4.78 is 9.96. The molecule has 3 heterocycles. The molecule has 9 aromatic carbocycles. The van der Waals surface area contributed by atoms with Gasteiger partial charge in [-0.25, -0.2) is 0 Å². The first-order chi connectivity index (χ1) is 41.8. The van der Waals surface area contributed by atoms with Crippen LogP contribution in [0.4, 0.5) is 45.5 Å². The molecule has 2 aromatic heterocycles. The number of thiophene rings is 1. The van der Waals surface area contributed by atoms with Crippen molar-refractivity contribution in [1.82, 2.24) is 0 Å². The third-order valence-electron chi connectivity index (χ3n) is 20.4. The monoisotopic (exact) mass is 1180 g/mol. The van der Waals surface area contributed by atoms with Gasteiger partial charge in [-0.2, -0.15) is 0 Å². The number of nitrogens with zero attached hydrogens (tertiary/aromatic N) is 2. The van der Waals surface area contributed by atoms with Crippen molar-refractivity contribution in [2.45, 2.75) is 175 Å². The van der Waals surface area contributed by atoms with Crippen molar-refractivity contribution in [1.29, 1.82) is 0 Å². The fourth-order valence-corrected chi connectivity index (χ4v) is 15.8. The number of para-hydroxylation sites is 1. The molecule has 1 N–H and O–H groups in total. The summed E-state index contributed by atoms with van der Waals surface area (Å²) in [5, 5.41) is 7.64. The molecule has 0 saturated carbocycles. The van der Waals surface area contributed by atoms with Crippen LogP contribution in [0.2, 0.25) is 0 Å². The highest BCUT2D eigenvalue weighted by Gasteiger charge is 2.42. The minimum absolute atomic E-state index is 0.00914.